The van der Waals surface area contributed by atoms with Crippen LogP contribution in [-0.4, -0.2) is 60.2 Å². The molecule has 110 valence electrons. The number of nitrogens with zero attached hydrogens (tertiary/aromatic N) is 4. The summed E-state index contributed by atoms with van der Waals surface area (Å²) < 4.78 is 40.8. The molecule has 0 saturated carbocycles. The van der Waals surface area contributed by atoms with E-state index in [1.807, 2.05) is 4.90 Å². The summed E-state index contributed by atoms with van der Waals surface area (Å²) in [7, 11) is 0. The van der Waals surface area contributed by atoms with Crippen molar-refractivity contribution in [2.24, 2.45) is 0 Å². The fraction of sp³-hybridized carbons (Fsp3) is 0.545. The van der Waals surface area contributed by atoms with E-state index in [-0.39, 0.29) is 5.88 Å². The Balaban J connectivity index is 1.97. The molecule has 0 radical (unpaired) electrons. The van der Waals surface area contributed by atoms with E-state index in [0.717, 1.165) is 12.7 Å². The molecule has 2 heterocycles. The molecule has 0 aliphatic carbocycles. The van der Waals surface area contributed by atoms with E-state index in [1.165, 1.54) is 6.07 Å². The Labute approximate surface area is 113 Å². The van der Waals surface area contributed by atoms with E-state index < -0.39 is 12.8 Å². The number of hydrogen-bond acceptors (Lipinski definition) is 5. The van der Waals surface area contributed by atoms with Crippen molar-refractivity contribution < 1.29 is 22.7 Å². The fourth-order valence-electron chi connectivity index (χ4n) is 1.79. The van der Waals surface area contributed by atoms with E-state index in [4.69, 9.17) is 0 Å². The Bertz CT molecular complexity index is 461. The Morgan fingerprint density at radius 3 is 2.55 bits per heavy atom. The van der Waals surface area contributed by atoms with Gasteiger partial charge in [0.1, 0.15) is 12.1 Å². The molecule has 2 rings (SSSR count). The van der Waals surface area contributed by atoms with Crippen LogP contribution in [0.1, 0.15) is 0 Å². The van der Waals surface area contributed by atoms with E-state index >= 15 is 0 Å². The van der Waals surface area contributed by atoms with Gasteiger partial charge in [-0.2, -0.15) is 13.2 Å². The molecule has 0 N–H and O–H groups in total. The first kappa shape index (κ1) is 14.4. The number of alkyl halides is 3. The number of carbonyl (C=O) groups excluding carboxylic acids is 1. The molecule has 1 aliphatic rings. The fourth-order valence-corrected chi connectivity index (χ4v) is 1.79. The lowest BCUT2D eigenvalue weighted by Gasteiger charge is -2.33. The number of halogens is 3. The van der Waals surface area contributed by atoms with Gasteiger partial charge in [-0.25, -0.2) is 9.97 Å². The number of hydrogen-bond donors (Lipinski definition) is 0. The van der Waals surface area contributed by atoms with Crippen molar-refractivity contribution in [3.63, 3.8) is 0 Å². The first-order valence-electron chi connectivity index (χ1n) is 5.94. The standard InChI is InChI=1S/C11H13F3N4O2/c12-11(13,14)6-20-10-5-9(15-7-16-10)18-3-1-17(8-19)2-4-18/h5,7-8H,1-4,6H2. The molecule has 1 amide bonds. The van der Waals surface area contributed by atoms with Crippen molar-refractivity contribution in [1.82, 2.24) is 14.9 Å². The van der Waals surface area contributed by atoms with Crippen molar-refractivity contribution in [1.29, 1.82) is 0 Å². The summed E-state index contributed by atoms with van der Waals surface area (Å²) in [6.07, 6.45) is -2.47. The monoisotopic (exact) mass is 290 g/mol. The maximum absolute atomic E-state index is 12.1. The van der Waals surface area contributed by atoms with Crippen molar-refractivity contribution in [3.8, 4) is 5.88 Å². The first-order chi connectivity index (χ1) is 9.48. The molecular formula is C11H13F3N4O2. The van der Waals surface area contributed by atoms with Gasteiger partial charge in [0.2, 0.25) is 12.3 Å². The molecule has 1 aliphatic heterocycles. The second-order valence-corrected chi connectivity index (χ2v) is 4.25. The largest absolute Gasteiger partial charge is 0.468 e. The highest BCUT2D eigenvalue weighted by Gasteiger charge is 2.28. The number of anilines is 1. The van der Waals surface area contributed by atoms with E-state index in [2.05, 4.69) is 14.7 Å². The lowest BCUT2D eigenvalue weighted by molar-refractivity contribution is -0.154. The Morgan fingerprint density at radius 1 is 1.25 bits per heavy atom. The lowest BCUT2D eigenvalue weighted by atomic mass is 10.3. The highest BCUT2D eigenvalue weighted by molar-refractivity contribution is 5.49. The molecule has 20 heavy (non-hydrogen) atoms. The molecule has 1 aromatic heterocycles. The van der Waals surface area contributed by atoms with Crippen LogP contribution in [0.4, 0.5) is 19.0 Å². The second-order valence-electron chi connectivity index (χ2n) is 4.25. The third-order valence-electron chi connectivity index (χ3n) is 2.80. The topological polar surface area (TPSA) is 58.6 Å². The van der Waals surface area contributed by atoms with Gasteiger partial charge >= 0.3 is 6.18 Å². The summed E-state index contributed by atoms with van der Waals surface area (Å²) >= 11 is 0. The molecule has 0 spiro atoms. The summed E-state index contributed by atoms with van der Waals surface area (Å²) in [6.45, 7) is 0.837. The smallest absolute Gasteiger partial charge is 0.422 e. The number of ether oxygens (including phenoxy) is 1. The zero-order chi connectivity index (χ0) is 14.6. The SMILES string of the molecule is O=CN1CCN(c2cc(OCC(F)(F)F)ncn2)CC1. The third kappa shape index (κ3) is 3.97. The lowest BCUT2D eigenvalue weighted by Crippen LogP contribution is -2.46. The van der Waals surface area contributed by atoms with Crippen LogP contribution < -0.4 is 9.64 Å². The van der Waals surface area contributed by atoms with Gasteiger partial charge in [-0.3, -0.25) is 4.79 Å². The third-order valence-corrected chi connectivity index (χ3v) is 2.80. The highest BCUT2D eigenvalue weighted by Crippen LogP contribution is 2.20. The minimum Gasteiger partial charge on any atom is -0.468 e. The molecule has 0 aromatic carbocycles. The first-order valence-corrected chi connectivity index (χ1v) is 5.94. The van der Waals surface area contributed by atoms with E-state index in [1.54, 1.807) is 4.90 Å². The van der Waals surface area contributed by atoms with Gasteiger partial charge < -0.3 is 14.5 Å². The molecule has 0 bridgehead atoms. The number of piperazine rings is 1. The van der Waals surface area contributed by atoms with Crippen molar-refractivity contribution in [2.45, 2.75) is 6.18 Å². The maximum Gasteiger partial charge on any atom is 0.422 e. The quantitative estimate of drug-likeness (QED) is 0.764. The van der Waals surface area contributed by atoms with Crippen LogP contribution >= 0.6 is 0 Å². The average molecular weight is 290 g/mol. The predicted molar refractivity (Wildman–Crippen MR) is 63.4 cm³/mol. The Kier molecular flexibility index (Phi) is 4.26. The van der Waals surface area contributed by atoms with Crippen LogP contribution in [0.15, 0.2) is 12.4 Å². The van der Waals surface area contributed by atoms with Gasteiger partial charge in [-0.05, 0) is 0 Å². The van der Waals surface area contributed by atoms with Gasteiger partial charge in [0.25, 0.3) is 0 Å². The number of rotatable bonds is 4. The van der Waals surface area contributed by atoms with Crippen LogP contribution in [0.5, 0.6) is 5.88 Å². The Morgan fingerprint density at radius 2 is 1.95 bits per heavy atom. The van der Waals surface area contributed by atoms with Crippen molar-refractivity contribution in [2.75, 3.05) is 37.7 Å². The molecule has 0 atom stereocenters. The minimum absolute atomic E-state index is 0.120. The van der Waals surface area contributed by atoms with Crippen LogP contribution in [0.25, 0.3) is 0 Å². The highest BCUT2D eigenvalue weighted by atomic mass is 19.4. The molecule has 1 fully saturated rings. The summed E-state index contributed by atoms with van der Waals surface area (Å²) in [5.74, 6) is 0.368. The minimum atomic E-state index is -4.40. The van der Waals surface area contributed by atoms with Crippen LogP contribution in [0.2, 0.25) is 0 Å². The van der Waals surface area contributed by atoms with Crippen LogP contribution in [0.3, 0.4) is 0 Å². The van der Waals surface area contributed by atoms with Gasteiger partial charge in [0.15, 0.2) is 6.61 Å². The normalized spacial score (nSPS) is 16.1. The van der Waals surface area contributed by atoms with E-state index in [9.17, 15) is 18.0 Å². The number of carbonyl (C=O) groups is 1. The van der Waals surface area contributed by atoms with Gasteiger partial charge in [-0.15, -0.1) is 0 Å². The van der Waals surface area contributed by atoms with Crippen LogP contribution in [0, 0.1) is 0 Å². The second kappa shape index (κ2) is 5.93. The predicted octanol–water partition coefficient (Wildman–Crippen LogP) is 0.696. The maximum atomic E-state index is 12.1. The summed E-state index contributed by atoms with van der Waals surface area (Å²) in [4.78, 5) is 21.7. The number of aromatic nitrogens is 2. The number of amides is 1. The van der Waals surface area contributed by atoms with Crippen LogP contribution in [-0.2, 0) is 4.79 Å². The van der Waals surface area contributed by atoms with Crippen molar-refractivity contribution in [3.05, 3.63) is 12.4 Å². The van der Waals surface area contributed by atoms with Crippen molar-refractivity contribution >= 4 is 12.2 Å². The summed E-state index contributed by atoms with van der Waals surface area (Å²) in [5, 5.41) is 0. The van der Waals surface area contributed by atoms with Gasteiger partial charge in [0.05, 0.1) is 0 Å². The summed E-state index contributed by atoms with van der Waals surface area (Å²) in [6, 6.07) is 1.36. The zero-order valence-corrected chi connectivity index (χ0v) is 10.5. The molecular weight excluding hydrogens is 277 g/mol. The summed E-state index contributed by atoms with van der Waals surface area (Å²) in [5.41, 5.74) is 0. The molecule has 9 heteroatoms. The van der Waals surface area contributed by atoms with E-state index in [0.29, 0.717) is 32.0 Å². The average Bonchev–Trinajstić information content (AvgIpc) is 2.45. The van der Waals surface area contributed by atoms with Gasteiger partial charge in [-0.1, -0.05) is 0 Å². The van der Waals surface area contributed by atoms with Gasteiger partial charge in [0, 0.05) is 32.2 Å². The zero-order valence-electron chi connectivity index (χ0n) is 10.5. The molecule has 1 aromatic rings. The molecule has 0 unspecified atom stereocenters. The Hall–Kier alpha value is -2.06. The molecule has 1 saturated heterocycles. The molecule has 6 nitrogen and oxygen atoms in total.